The van der Waals surface area contributed by atoms with Crippen LogP contribution in [0.5, 0.6) is 0 Å². The van der Waals surface area contributed by atoms with E-state index in [1.807, 2.05) is 0 Å². The van der Waals surface area contributed by atoms with Gasteiger partial charge in [0.1, 0.15) is 12.2 Å². The number of aromatic nitrogens is 3. The van der Waals surface area contributed by atoms with Gasteiger partial charge in [-0.1, -0.05) is 6.92 Å². The van der Waals surface area contributed by atoms with E-state index in [0.29, 0.717) is 0 Å². The van der Waals surface area contributed by atoms with Crippen LogP contribution in [0.1, 0.15) is 19.2 Å². The lowest BCUT2D eigenvalue weighted by Crippen LogP contribution is -2.40. The Labute approximate surface area is 162 Å². The third kappa shape index (κ3) is 9.38. The molecular weight excluding hydrogens is 421 g/mol. The molecule has 1 rings (SSSR count). The first kappa shape index (κ1) is 23.1. The van der Waals surface area contributed by atoms with Crippen LogP contribution in [0.25, 0.3) is 0 Å². The van der Waals surface area contributed by atoms with Crippen LogP contribution in [-0.4, -0.2) is 79.6 Å². The maximum Gasteiger partial charge on any atom is 0.191 e. The van der Waals surface area contributed by atoms with Crippen molar-refractivity contribution < 1.29 is 4.74 Å². The lowest BCUT2D eigenvalue weighted by Gasteiger charge is -2.17. The highest BCUT2D eigenvalue weighted by molar-refractivity contribution is 14.0. The van der Waals surface area contributed by atoms with Gasteiger partial charge in [0.05, 0.1) is 6.61 Å². The fraction of sp³-hybridized carbons (Fsp3) is 0.800. The Hall–Kier alpha value is -0.940. The summed E-state index contributed by atoms with van der Waals surface area (Å²) in [5.74, 6) is 1.84. The van der Waals surface area contributed by atoms with Crippen LogP contribution in [0.4, 0.5) is 0 Å². The van der Waals surface area contributed by atoms with E-state index in [1.165, 1.54) is 0 Å². The number of aliphatic imine (C=N–C) groups is 1. The molecule has 0 amide bonds. The highest BCUT2D eigenvalue weighted by Gasteiger charge is 2.02. The number of nitrogens with one attached hydrogen (secondary N) is 2. The molecule has 1 aromatic rings. The van der Waals surface area contributed by atoms with Gasteiger partial charge in [-0.15, -0.1) is 34.2 Å². The Morgan fingerprint density at radius 1 is 1.33 bits per heavy atom. The molecule has 0 aliphatic carbocycles. The molecule has 0 unspecified atom stereocenters. The van der Waals surface area contributed by atoms with Gasteiger partial charge in [-0.2, -0.15) is 0 Å². The minimum Gasteiger partial charge on any atom is -0.383 e. The van der Waals surface area contributed by atoms with Gasteiger partial charge in [-0.25, -0.2) is 0 Å². The molecule has 2 N–H and O–H groups in total. The van der Waals surface area contributed by atoms with Crippen molar-refractivity contribution in [1.82, 2.24) is 30.3 Å². The largest absolute Gasteiger partial charge is 0.383 e. The average molecular weight is 453 g/mol. The van der Waals surface area contributed by atoms with Crippen LogP contribution < -0.4 is 10.6 Å². The van der Waals surface area contributed by atoms with Gasteiger partial charge in [0.2, 0.25) is 0 Å². The lowest BCUT2D eigenvalue weighted by atomic mass is 10.4. The van der Waals surface area contributed by atoms with Gasteiger partial charge in [-0.3, -0.25) is 4.99 Å². The summed E-state index contributed by atoms with van der Waals surface area (Å²) in [4.78, 5) is 6.50. The van der Waals surface area contributed by atoms with Crippen LogP contribution in [0.15, 0.2) is 11.3 Å². The summed E-state index contributed by atoms with van der Waals surface area (Å²) in [5.41, 5.74) is 0. The zero-order chi connectivity index (χ0) is 16.9. The standard InChI is InChI=1S/C15H31N7O.HI/c1-5-14-20-19-13-22(14)10-8-18-15(16-2)17-7-6-9-21(3)11-12-23-4;/h13H,5-12H2,1-4H3,(H2,16,17,18);1H. The van der Waals surface area contributed by atoms with Crippen molar-refractivity contribution in [2.75, 3.05) is 54.0 Å². The smallest absolute Gasteiger partial charge is 0.191 e. The summed E-state index contributed by atoms with van der Waals surface area (Å²) < 4.78 is 7.13. The van der Waals surface area contributed by atoms with E-state index < -0.39 is 0 Å². The molecule has 0 fully saturated rings. The average Bonchev–Trinajstić information content (AvgIpc) is 3.02. The van der Waals surface area contributed by atoms with Crippen molar-refractivity contribution in [3.8, 4) is 0 Å². The number of aryl methyl sites for hydroxylation is 1. The van der Waals surface area contributed by atoms with Crippen LogP contribution >= 0.6 is 24.0 Å². The molecule has 0 aliphatic heterocycles. The topological polar surface area (TPSA) is 79.6 Å². The molecule has 0 saturated heterocycles. The monoisotopic (exact) mass is 453 g/mol. The van der Waals surface area contributed by atoms with Crippen molar-refractivity contribution in [3.05, 3.63) is 12.2 Å². The summed E-state index contributed by atoms with van der Waals surface area (Å²) in [6.07, 6.45) is 3.72. The molecular formula is C15H32IN7O. The van der Waals surface area contributed by atoms with E-state index >= 15 is 0 Å². The Morgan fingerprint density at radius 2 is 2.08 bits per heavy atom. The molecule has 0 atom stereocenters. The molecule has 140 valence electrons. The number of likely N-dealkylation sites (N-methyl/N-ethyl adjacent to an activating group) is 1. The minimum absolute atomic E-state index is 0. The molecule has 0 aromatic carbocycles. The van der Waals surface area contributed by atoms with Gasteiger partial charge >= 0.3 is 0 Å². The normalized spacial score (nSPS) is 11.5. The third-order valence-corrected chi connectivity index (χ3v) is 3.57. The molecule has 9 heteroatoms. The number of hydrogen-bond donors (Lipinski definition) is 2. The van der Waals surface area contributed by atoms with E-state index in [-0.39, 0.29) is 24.0 Å². The van der Waals surface area contributed by atoms with E-state index in [2.05, 4.69) is 49.3 Å². The van der Waals surface area contributed by atoms with Crippen molar-refractivity contribution in [2.24, 2.45) is 4.99 Å². The summed E-state index contributed by atoms with van der Waals surface area (Å²) in [6, 6.07) is 0. The van der Waals surface area contributed by atoms with Crippen molar-refractivity contribution in [2.45, 2.75) is 26.3 Å². The fourth-order valence-electron chi connectivity index (χ4n) is 2.17. The summed E-state index contributed by atoms with van der Waals surface area (Å²) in [7, 11) is 5.63. The molecule has 0 spiro atoms. The third-order valence-electron chi connectivity index (χ3n) is 3.57. The molecule has 1 heterocycles. The van der Waals surface area contributed by atoms with Crippen LogP contribution in [-0.2, 0) is 17.7 Å². The Bertz CT molecular complexity index is 453. The first-order valence-corrected chi connectivity index (χ1v) is 8.20. The molecule has 0 radical (unpaired) electrons. The number of hydrogen-bond acceptors (Lipinski definition) is 5. The van der Waals surface area contributed by atoms with E-state index in [4.69, 9.17) is 4.74 Å². The first-order valence-electron chi connectivity index (χ1n) is 8.20. The van der Waals surface area contributed by atoms with Gasteiger partial charge in [0.25, 0.3) is 0 Å². The number of nitrogens with zero attached hydrogens (tertiary/aromatic N) is 5. The number of ether oxygens (including phenoxy) is 1. The number of methoxy groups -OCH3 is 1. The highest BCUT2D eigenvalue weighted by Crippen LogP contribution is 1.94. The summed E-state index contributed by atoms with van der Waals surface area (Å²) in [5, 5.41) is 14.7. The second kappa shape index (κ2) is 14.4. The molecule has 0 aliphatic rings. The second-order valence-corrected chi connectivity index (χ2v) is 5.37. The Balaban J connectivity index is 0.00000529. The number of halogens is 1. The number of guanidine groups is 1. The van der Waals surface area contributed by atoms with Crippen molar-refractivity contribution >= 4 is 29.9 Å². The second-order valence-electron chi connectivity index (χ2n) is 5.37. The lowest BCUT2D eigenvalue weighted by molar-refractivity contribution is 0.161. The quantitative estimate of drug-likeness (QED) is 0.221. The van der Waals surface area contributed by atoms with Crippen molar-refractivity contribution in [3.63, 3.8) is 0 Å². The van der Waals surface area contributed by atoms with Gasteiger partial charge in [0, 0.05) is 46.8 Å². The van der Waals surface area contributed by atoms with Gasteiger partial charge in [-0.05, 0) is 20.0 Å². The zero-order valence-corrected chi connectivity index (χ0v) is 17.6. The van der Waals surface area contributed by atoms with Crippen LogP contribution in [0.2, 0.25) is 0 Å². The highest BCUT2D eigenvalue weighted by atomic mass is 127. The Kier molecular flexibility index (Phi) is 13.8. The van der Waals surface area contributed by atoms with Crippen LogP contribution in [0, 0.1) is 0 Å². The van der Waals surface area contributed by atoms with Crippen molar-refractivity contribution in [1.29, 1.82) is 0 Å². The zero-order valence-electron chi connectivity index (χ0n) is 15.3. The molecule has 24 heavy (non-hydrogen) atoms. The molecule has 8 nitrogen and oxygen atoms in total. The summed E-state index contributed by atoms with van der Waals surface area (Å²) in [6.45, 7) is 7.36. The SMILES string of the molecule is CCc1nncn1CCNC(=NC)NCCCN(C)CCOC.I. The fourth-order valence-corrected chi connectivity index (χ4v) is 2.17. The first-order chi connectivity index (χ1) is 11.2. The van der Waals surface area contributed by atoms with E-state index in [9.17, 15) is 0 Å². The molecule has 0 saturated carbocycles. The predicted octanol–water partition coefficient (Wildman–Crippen LogP) is 0.592. The number of rotatable bonds is 11. The minimum atomic E-state index is 0. The van der Waals surface area contributed by atoms with Crippen LogP contribution in [0.3, 0.4) is 0 Å². The summed E-state index contributed by atoms with van der Waals surface area (Å²) >= 11 is 0. The molecule has 0 bridgehead atoms. The van der Waals surface area contributed by atoms with Gasteiger partial charge in [0.15, 0.2) is 5.96 Å². The Morgan fingerprint density at radius 3 is 2.75 bits per heavy atom. The van der Waals surface area contributed by atoms with Gasteiger partial charge < -0.3 is 24.8 Å². The predicted molar refractivity (Wildman–Crippen MR) is 108 cm³/mol. The maximum absolute atomic E-state index is 5.07. The van der Waals surface area contributed by atoms with E-state index in [1.54, 1.807) is 20.5 Å². The maximum atomic E-state index is 5.07. The van der Waals surface area contributed by atoms with E-state index in [0.717, 1.165) is 64.0 Å². The molecule has 1 aromatic heterocycles.